The van der Waals surface area contributed by atoms with Crippen molar-refractivity contribution in [2.75, 3.05) is 0 Å². The summed E-state index contributed by atoms with van der Waals surface area (Å²) in [5.41, 5.74) is -0.419. The van der Waals surface area contributed by atoms with Gasteiger partial charge in [0, 0.05) is 36.1 Å². The fourth-order valence-electron chi connectivity index (χ4n) is 3.43. The molecule has 0 saturated carbocycles. The lowest BCUT2D eigenvalue weighted by atomic mass is 9.87. The molecule has 0 fully saturated rings. The van der Waals surface area contributed by atoms with Gasteiger partial charge in [-0.15, -0.1) is 0 Å². The van der Waals surface area contributed by atoms with E-state index in [-0.39, 0.29) is 17.8 Å². The Kier molecular flexibility index (Phi) is 7.82. The maximum Gasteiger partial charge on any atom is 0.417 e. The second kappa shape index (κ2) is 10.4. The van der Waals surface area contributed by atoms with E-state index in [2.05, 4.69) is 15.3 Å². The van der Waals surface area contributed by atoms with Crippen molar-refractivity contribution < 1.29 is 22.7 Å². The van der Waals surface area contributed by atoms with Crippen molar-refractivity contribution in [1.29, 1.82) is 0 Å². The van der Waals surface area contributed by atoms with Crippen molar-refractivity contribution in [2.24, 2.45) is 0 Å². The van der Waals surface area contributed by atoms with Gasteiger partial charge in [-0.05, 0) is 51.0 Å². The number of alkyl halides is 3. The maximum absolute atomic E-state index is 13.1. The zero-order valence-corrected chi connectivity index (χ0v) is 19.7. The molecule has 1 amide bonds. The standard InChI is InChI=1S/C25H25ClF3N3O2/c1-16(21(17-7-5-4-6-8-17)13-20-11-10-19(26)15-30-20)32-23(33)24(2,3)34-22-12-9-18(14-31-22)25(27,28)29/h4-12,14-16,21H,13H2,1-3H3,(H,32,33)/t16-,21?/m0/s1. The summed E-state index contributed by atoms with van der Waals surface area (Å²) in [5.74, 6) is -0.601. The van der Waals surface area contributed by atoms with E-state index in [1.54, 1.807) is 12.3 Å². The Balaban J connectivity index is 1.73. The highest BCUT2D eigenvalue weighted by atomic mass is 35.5. The van der Waals surface area contributed by atoms with E-state index < -0.39 is 23.2 Å². The topological polar surface area (TPSA) is 64.1 Å². The zero-order valence-electron chi connectivity index (χ0n) is 18.9. The van der Waals surface area contributed by atoms with E-state index in [1.165, 1.54) is 13.8 Å². The van der Waals surface area contributed by atoms with Gasteiger partial charge in [0.05, 0.1) is 10.6 Å². The van der Waals surface area contributed by atoms with Crippen LogP contribution in [0.2, 0.25) is 5.02 Å². The summed E-state index contributed by atoms with van der Waals surface area (Å²) < 4.78 is 43.9. The van der Waals surface area contributed by atoms with E-state index >= 15 is 0 Å². The Hall–Kier alpha value is -3.13. The molecule has 2 heterocycles. The molecule has 0 aliphatic rings. The van der Waals surface area contributed by atoms with E-state index in [4.69, 9.17) is 16.3 Å². The fraction of sp³-hybridized carbons (Fsp3) is 0.320. The molecule has 2 aromatic heterocycles. The van der Waals surface area contributed by atoms with Crippen LogP contribution >= 0.6 is 11.6 Å². The molecule has 3 rings (SSSR count). The highest BCUT2D eigenvalue weighted by Crippen LogP contribution is 2.30. The zero-order chi connectivity index (χ0) is 24.9. The molecule has 5 nitrogen and oxygen atoms in total. The number of pyridine rings is 2. The molecule has 34 heavy (non-hydrogen) atoms. The first kappa shape index (κ1) is 25.5. The van der Waals surface area contributed by atoms with Gasteiger partial charge in [-0.2, -0.15) is 13.2 Å². The van der Waals surface area contributed by atoms with Crippen LogP contribution in [-0.2, 0) is 17.4 Å². The smallest absolute Gasteiger partial charge is 0.417 e. The molecule has 3 aromatic rings. The van der Waals surface area contributed by atoms with Gasteiger partial charge in [0.15, 0.2) is 5.60 Å². The predicted octanol–water partition coefficient (Wildman–Crippen LogP) is 5.84. The van der Waals surface area contributed by atoms with Gasteiger partial charge >= 0.3 is 6.18 Å². The molecule has 0 bridgehead atoms. The van der Waals surface area contributed by atoms with Crippen LogP contribution in [0.1, 0.15) is 43.5 Å². The van der Waals surface area contributed by atoms with Crippen LogP contribution in [0.4, 0.5) is 13.2 Å². The van der Waals surface area contributed by atoms with Gasteiger partial charge in [-0.25, -0.2) is 4.98 Å². The van der Waals surface area contributed by atoms with Crippen LogP contribution in [0.25, 0.3) is 0 Å². The first-order valence-electron chi connectivity index (χ1n) is 10.6. The Labute approximate surface area is 201 Å². The molecule has 1 aromatic carbocycles. The molecule has 1 N–H and O–H groups in total. The number of nitrogens with zero attached hydrogens (tertiary/aromatic N) is 2. The van der Waals surface area contributed by atoms with Crippen molar-refractivity contribution in [2.45, 2.75) is 50.9 Å². The molecule has 0 radical (unpaired) electrons. The van der Waals surface area contributed by atoms with Crippen molar-refractivity contribution in [3.63, 3.8) is 0 Å². The van der Waals surface area contributed by atoms with Gasteiger partial charge in [-0.3, -0.25) is 9.78 Å². The summed E-state index contributed by atoms with van der Waals surface area (Å²) in [7, 11) is 0. The number of hydrogen-bond acceptors (Lipinski definition) is 4. The monoisotopic (exact) mass is 491 g/mol. The van der Waals surface area contributed by atoms with Gasteiger partial charge in [0.2, 0.25) is 5.88 Å². The average molecular weight is 492 g/mol. The van der Waals surface area contributed by atoms with Crippen LogP contribution < -0.4 is 10.1 Å². The Morgan fingerprint density at radius 3 is 2.29 bits per heavy atom. The lowest BCUT2D eigenvalue weighted by Crippen LogP contribution is -2.51. The molecular formula is C25H25ClF3N3O2. The van der Waals surface area contributed by atoms with Crippen molar-refractivity contribution >= 4 is 17.5 Å². The molecule has 9 heteroatoms. The molecule has 2 atom stereocenters. The van der Waals surface area contributed by atoms with E-state index in [0.29, 0.717) is 17.6 Å². The molecule has 180 valence electrons. The highest BCUT2D eigenvalue weighted by Gasteiger charge is 2.34. The van der Waals surface area contributed by atoms with Crippen LogP contribution in [-0.4, -0.2) is 27.5 Å². The second-order valence-corrected chi connectivity index (χ2v) is 8.88. The van der Waals surface area contributed by atoms with Gasteiger partial charge in [-0.1, -0.05) is 41.9 Å². The molecule has 0 aliphatic carbocycles. The minimum Gasteiger partial charge on any atom is -0.462 e. The number of halogens is 4. The number of hydrogen-bond donors (Lipinski definition) is 1. The molecule has 0 aliphatic heterocycles. The van der Waals surface area contributed by atoms with Crippen LogP contribution in [0.3, 0.4) is 0 Å². The first-order chi connectivity index (χ1) is 16.0. The van der Waals surface area contributed by atoms with Crippen LogP contribution in [0.5, 0.6) is 5.88 Å². The van der Waals surface area contributed by atoms with Crippen LogP contribution in [0.15, 0.2) is 67.0 Å². The maximum atomic E-state index is 13.1. The Morgan fingerprint density at radius 1 is 1.03 bits per heavy atom. The quantitative estimate of drug-likeness (QED) is 0.430. The van der Waals surface area contributed by atoms with Gasteiger partial charge in [0.1, 0.15) is 0 Å². The molecule has 0 spiro atoms. The third-order valence-corrected chi connectivity index (χ3v) is 5.60. The molecular weight excluding hydrogens is 467 g/mol. The molecule has 0 saturated heterocycles. The normalized spacial score (nSPS) is 13.7. The van der Waals surface area contributed by atoms with Crippen molar-refractivity contribution in [3.05, 3.63) is 88.8 Å². The third-order valence-electron chi connectivity index (χ3n) is 5.38. The minimum absolute atomic E-state index is 0.0780. The Bertz CT molecular complexity index is 1090. The summed E-state index contributed by atoms with van der Waals surface area (Å²) in [6.07, 6.45) is -1.68. The number of amides is 1. The number of rotatable bonds is 8. The van der Waals surface area contributed by atoms with Crippen LogP contribution in [0, 0.1) is 0 Å². The lowest BCUT2D eigenvalue weighted by molar-refractivity contribution is -0.138. The number of carbonyl (C=O) groups is 1. The number of carbonyl (C=O) groups excluding carboxylic acids is 1. The summed E-state index contributed by atoms with van der Waals surface area (Å²) in [5, 5.41) is 3.52. The van der Waals surface area contributed by atoms with E-state index in [1.807, 2.05) is 43.3 Å². The summed E-state index contributed by atoms with van der Waals surface area (Å²) in [6, 6.07) is 15.0. The Morgan fingerprint density at radius 2 is 1.74 bits per heavy atom. The highest BCUT2D eigenvalue weighted by molar-refractivity contribution is 6.30. The van der Waals surface area contributed by atoms with Crippen molar-refractivity contribution in [1.82, 2.24) is 15.3 Å². The van der Waals surface area contributed by atoms with Crippen molar-refractivity contribution in [3.8, 4) is 5.88 Å². The third kappa shape index (κ3) is 6.70. The van der Waals surface area contributed by atoms with Gasteiger partial charge < -0.3 is 10.1 Å². The van der Waals surface area contributed by atoms with E-state index in [0.717, 1.165) is 23.4 Å². The first-order valence-corrected chi connectivity index (χ1v) is 11.0. The number of benzene rings is 1. The number of nitrogens with one attached hydrogen (secondary N) is 1. The average Bonchev–Trinajstić information content (AvgIpc) is 2.78. The summed E-state index contributed by atoms with van der Waals surface area (Å²) in [6.45, 7) is 4.96. The second-order valence-electron chi connectivity index (χ2n) is 8.45. The predicted molar refractivity (Wildman–Crippen MR) is 124 cm³/mol. The van der Waals surface area contributed by atoms with E-state index in [9.17, 15) is 18.0 Å². The molecule has 1 unspecified atom stereocenters. The summed E-state index contributed by atoms with van der Waals surface area (Å²) >= 11 is 5.95. The SMILES string of the molecule is C[C@H](NC(=O)C(C)(C)Oc1ccc(C(F)(F)F)cn1)C(Cc1ccc(Cl)cn1)c1ccccc1. The summed E-state index contributed by atoms with van der Waals surface area (Å²) in [4.78, 5) is 21.1. The minimum atomic E-state index is -4.50. The number of aromatic nitrogens is 2. The fourth-order valence-corrected chi connectivity index (χ4v) is 3.55. The lowest BCUT2D eigenvalue weighted by Gasteiger charge is -2.30. The van der Waals surface area contributed by atoms with Gasteiger partial charge in [0.25, 0.3) is 5.91 Å². The largest absolute Gasteiger partial charge is 0.462 e. The number of ether oxygens (including phenoxy) is 1.